The van der Waals surface area contributed by atoms with Crippen molar-refractivity contribution >= 4 is 27.7 Å². The number of halogens is 2. The molecule has 0 unspecified atom stereocenters. The minimum Gasteiger partial charge on any atom is -0.480 e. The summed E-state index contributed by atoms with van der Waals surface area (Å²) in [5, 5.41) is 8.35. The molecule has 0 aliphatic heterocycles. The number of rotatable bonds is 3. The highest BCUT2D eigenvalue weighted by molar-refractivity contribution is 9.10. The minimum atomic E-state index is -0.290. The van der Waals surface area contributed by atoms with E-state index in [1.165, 1.54) is 24.9 Å². The van der Waals surface area contributed by atoms with E-state index < -0.39 is 0 Å². The van der Waals surface area contributed by atoms with Crippen LogP contribution in [-0.2, 0) is 0 Å². The van der Waals surface area contributed by atoms with Gasteiger partial charge in [0.2, 0.25) is 5.88 Å². The molecule has 0 radical (unpaired) electrons. The Kier molecular flexibility index (Phi) is 3.96. The van der Waals surface area contributed by atoms with Crippen molar-refractivity contribution in [3.63, 3.8) is 0 Å². The molecular weight excluding hydrogens is 307 g/mol. The summed E-state index contributed by atoms with van der Waals surface area (Å²) >= 11 is 4.42. The Balaban J connectivity index is 2.19. The molecule has 17 heavy (non-hydrogen) atoms. The van der Waals surface area contributed by atoms with Gasteiger partial charge in [-0.1, -0.05) is 27.7 Å². The molecule has 0 saturated carbocycles. The molecule has 0 saturated heterocycles. The van der Waals surface area contributed by atoms with E-state index in [4.69, 9.17) is 4.74 Å². The average Bonchev–Trinajstić information content (AvgIpc) is 2.34. The maximum Gasteiger partial charge on any atom is 0.233 e. The van der Waals surface area contributed by atoms with Gasteiger partial charge >= 0.3 is 0 Å². The van der Waals surface area contributed by atoms with E-state index in [0.29, 0.717) is 20.3 Å². The van der Waals surface area contributed by atoms with Crippen LogP contribution in [0.5, 0.6) is 5.88 Å². The summed E-state index contributed by atoms with van der Waals surface area (Å²) in [5.41, 5.74) is 0. The number of nitrogens with zero attached hydrogens (tertiary/aromatic N) is 2. The third-order valence-electron chi connectivity index (χ3n) is 1.93. The summed E-state index contributed by atoms with van der Waals surface area (Å²) in [5.74, 6) is 0.146. The van der Waals surface area contributed by atoms with E-state index in [1.807, 2.05) is 0 Å². The van der Waals surface area contributed by atoms with Crippen LogP contribution in [0.3, 0.4) is 0 Å². The quantitative estimate of drug-likeness (QED) is 0.868. The van der Waals surface area contributed by atoms with Gasteiger partial charge in [-0.2, -0.15) is 0 Å². The van der Waals surface area contributed by atoms with Crippen LogP contribution < -0.4 is 4.74 Å². The van der Waals surface area contributed by atoms with Crippen molar-refractivity contribution in [1.82, 2.24) is 10.2 Å². The number of hydrogen-bond donors (Lipinski definition) is 0. The van der Waals surface area contributed by atoms with Crippen LogP contribution in [0.4, 0.5) is 4.39 Å². The Morgan fingerprint density at radius 3 is 2.65 bits per heavy atom. The summed E-state index contributed by atoms with van der Waals surface area (Å²) in [6, 6.07) is 8.31. The first kappa shape index (κ1) is 12.3. The molecule has 0 amide bonds. The van der Waals surface area contributed by atoms with Crippen molar-refractivity contribution in [2.45, 2.75) is 9.92 Å². The molecule has 6 heteroatoms. The number of benzene rings is 1. The molecular formula is C11H8BrFN2OS. The summed E-state index contributed by atoms with van der Waals surface area (Å²) in [4.78, 5) is 0.507. The van der Waals surface area contributed by atoms with Gasteiger partial charge in [-0.3, -0.25) is 0 Å². The minimum absolute atomic E-state index is 0.290. The van der Waals surface area contributed by atoms with E-state index in [0.717, 1.165) is 0 Å². The fourth-order valence-electron chi connectivity index (χ4n) is 1.14. The monoisotopic (exact) mass is 314 g/mol. The molecule has 0 fully saturated rings. The lowest BCUT2D eigenvalue weighted by Crippen LogP contribution is -1.91. The molecule has 0 N–H and O–H groups in total. The van der Waals surface area contributed by atoms with E-state index in [9.17, 15) is 4.39 Å². The van der Waals surface area contributed by atoms with Gasteiger partial charge in [0.25, 0.3) is 0 Å². The molecule has 88 valence electrons. The van der Waals surface area contributed by atoms with Gasteiger partial charge in [0.15, 0.2) is 0 Å². The van der Waals surface area contributed by atoms with Gasteiger partial charge in [0, 0.05) is 15.4 Å². The predicted molar refractivity (Wildman–Crippen MR) is 66.8 cm³/mol. The number of aromatic nitrogens is 2. The molecule has 0 spiro atoms. The lowest BCUT2D eigenvalue weighted by molar-refractivity contribution is 0.390. The molecule has 0 aliphatic rings. The summed E-state index contributed by atoms with van der Waals surface area (Å²) in [6.07, 6.45) is 0. The van der Waals surface area contributed by atoms with Crippen LogP contribution in [-0.4, -0.2) is 17.3 Å². The molecule has 1 aromatic heterocycles. The Bertz CT molecular complexity index is 521. The van der Waals surface area contributed by atoms with Crippen molar-refractivity contribution in [2.75, 3.05) is 7.11 Å². The maximum atomic E-state index is 13.6. The third-order valence-corrected chi connectivity index (χ3v) is 3.40. The number of ether oxygens (including phenoxy) is 1. The molecule has 2 rings (SSSR count). The van der Waals surface area contributed by atoms with Crippen LogP contribution >= 0.6 is 27.7 Å². The third kappa shape index (κ3) is 3.17. The highest BCUT2D eigenvalue weighted by Crippen LogP contribution is 2.29. The van der Waals surface area contributed by atoms with Crippen molar-refractivity contribution in [1.29, 1.82) is 0 Å². The standard InChI is InChI=1S/C11H8BrFN2OS/c1-16-10-4-5-11(15-14-10)17-9-3-2-7(12)6-8(9)13/h2-6H,1H3. The topological polar surface area (TPSA) is 35.0 Å². The zero-order chi connectivity index (χ0) is 12.3. The molecule has 1 heterocycles. The zero-order valence-corrected chi connectivity index (χ0v) is 11.3. The van der Waals surface area contributed by atoms with Gasteiger partial charge in [-0.25, -0.2) is 4.39 Å². The predicted octanol–water partition coefficient (Wildman–Crippen LogP) is 3.54. The molecule has 2 aromatic rings. The lowest BCUT2D eigenvalue weighted by atomic mass is 10.3. The summed E-state index contributed by atoms with van der Waals surface area (Å²) < 4.78 is 19.2. The number of hydrogen-bond acceptors (Lipinski definition) is 4. The molecule has 0 bridgehead atoms. The van der Waals surface area contributed by atoms with Crippen LogP contribution in [0.2, 0.25) is 0 Å². The maximum absolute atomic E-state index is 13.6. The summed E-state index contributed by atoms with van der Waals surface area (Å²) in [7, 11) is 1.52. The average molecular weight is 315 g/mol. The first-order chi connectivity index (χ1) is 8.19. The van der Waals surface area contributed by atoms with Gasteiger partial charge in [0.1, 0.15) is 10.8 Å². The molecule has 1 aromatic carbocycles. The van der Waals surface area contributed by atoms with Crippen LogP contribution in [0.25, 0.3) is 0 Å². The van der Waals surface area contributed by atoms with Gasteiger partial charge in [0.05, 0.1) is 7.11 Å². The summed E-state index contributed by atoms with van der Waals surface area (Å²) in [6.45, 7) is 0. The molecule has 0 aliphatic carbocycles. The zero-order valence-electron chi connectivity index (χ0n) is 8.85. The van der Waals surface area contributed by atoms with Crippen molar-refractivity contribution in [3.05, 3.63) is 40.6 Å². The normalized spacial score (nSPS) is 10.3. The van der Waals surface area contributed by atoms with E-state index in [1.54, 1.807) is 24.3 Å². The van der Waals surface area contributed by atoms with Gasteiger partial charge < -0.3 is 4.74 Å². The molecule has 0 atom stereocenters. The highest BCUT2D eigenvalue weighted by Gasteiger charge is 2.06. The first-order valence-electron chi connectivity index (χ1n) is 4.69. The Hall–Kier alpha value is -1.14. The number of methoxy groups -OCH3 is 1. The van der Waals surface area contributed by atoms with Gasteiger partial charge in [-0.05, 0) is 24.3 Å². The van der Waals surface area contributed by atoms with Crippen molar-refractivity contribution in [2.24, 2.45) is 0 Å². The van der Waals surface area contributed by atoms with E-state index >= 15 is 0 Å². The van der Waals surface area contributed by atoms with E-state index in [2.05, 4.69) is 26.1 Å². The van der Waals surface area contributed by atoms with E-state index in [-0.39, 0.29) is 5.82 Å². The van der Waals surface area contributed by atoms with Gasteiger partial charge in [-0.15, -0.1) is 10.2 Å². The smallest absolute Gasteiger partial charge is 0.233 e. The first-order valence-corrected chi connectivity index (χ1v) is 6.30. The fraction of sp³-hybridized carbons (Fsp3) is 0.0909. The molecule has 3 nitrogen and oxygen atoms in total. The van der Waals surface area contributed by atoms with Crippen LogP contribution in [0.1, 0.15) is 0 Å². The van der Waals surface area contributed by atoms with Crippen LogP contribution in [0.15, 0.2) is 44.7 Å². The lowest BCUT2D eigenvalue weighted by Gasteiger charge is -2.03. The fourth-order valence-corrected chi connectivity index (χ4v) is 2.21. The second kappa shape index (κ2) is 5.46. The Labute approximate surface area is 111 Å². The van der Waals surface area contributed by atoms with Crippen molar-refractivity contribution < 1.29 is 9.13 Å². The van der Waals surface area contributed by atoms with Crippen molar-refractivity contribution in [3.8, 4) is 5.88 Å². The second-order valence-corrected chi connectivity index (χ2v) is 5.07. The Morgan fingerprint density at radius 2 is 2.06 bits per heavy atom. The SMILES string of the molecule is COc1ccc(Sc2ccc(Br)cc2F)nn1. The van der Waals surface area contributed by atoms with Crippen LogP contribution in [0, 0.1) is 5.82 Å². The second-order valence-electron chi connectivity index (χ2n) is 3.09. The Morgan fingerprint density at radius 1 is 1.24 bits per heavy atom. The highest BCUT2D eigenvalue weighted by atomic mass is 79.9. The largest absolute Gasteiger partial charge is 0.480 e.